The maximum Gasteiger partial charge on any atom is 0.438 e. The van der Waals surface area contributed by atoms with E-state index < -0.39 is 17.6 Å². The van der Waals surface area contributed by atoms with Crippen molar-refractivity contribution in [3.8, 4) is 5.75 Å². The molecule has 1 rings (SSSR count). The van der Waals surface area contributed by atoms with E-state index in [2.05, 4.69) is 5.10 Å². The summed E-state index contributed by atoms with van der Waals surface area (Å²) in [5.74, 6) is -0.829. The predicted octanol–water partition coefficient (Wildman–Crippen LogP) is 1.63. The second-order valence-electron chi connectivity index (χ2n) is 2.22. The van der Waals surface area contributed by atoms with Crippen LogP contribution >= 0.6 is 0 Å². The summed E-state index contributed by atoms with van der Waals surface area (Å²) >= 11 is 0. The van der Waals surface area contributed by atoms with Gasteiger partial charge in [-0.25, -0.2) is 0 Å². The number of nitrogens with zero attached hydrogens (tertiary/aromatic N) is 2. The molecule has 0 unspecified atom stereocenters. The first kappa shape index (κ1) is 8.89. The average Bonchev–Trinajstić information content (AvgIpc) is 2.29. The molecule has 1 N–H and O–H groups in total. The lowest BCUT2D eigenvalue weighted by molar-refractivity contribution is -0.142. The summed E-state index contributed by atoms with van der Waals surface area (Å²) in [6, 6.07) is 0. The van der Waals surface area contributed by atoms with Crippen molar-refractivity contribution in [2.75, 3.05) is 0 Å². The molecule has 0 aliphatic rings. The van der Waals surface area contributed by atoms with E-state index in [1.165, 1.54) is 0 Å². The largest absolute Gasteiger partial charge is 0.504 e. The zero-order valence-electron chi connectivity index (χ0n) is 6.26. The molecule has 0 amide bonds. The normalized spacial score (nSPS) is 12.0. The van der Waals surface area contributed by atoms with E-state index in [-0.39, 0.29) is 0 Å². The van der Waals surface area contributed by atoms with Gasteiger partial charge in [0.1, 0.15) is 0 Å². The van der Waals surface area contributed by atoms with Crippen LogP contribution in [0.15, 0.2) is 6.20 Å². The van der Waals surface area contributed by atoms with Gasteiger partial charge in [0, 0.05) is 6.54 Å². The number of aromatic hydroxyl groups is 1. The fourth-order valence-electron chi connectivity index (χ4n) is 0.775. The Hall–Kier alpha value is -1.20. The van der Waals surface area contributed by atoms with Crippen LogP contribution in [0.25, 0.3) is 0 Å². The molecule has 6 heteroatoms. The molecule has 0 saturated heterocycles. The number of halogens is 3. The van der Waals surface area contributed by atoms with Crippen LogP contribution in [-0.4, -0.2) is 14.9 Å². The van der Waals surface area contributed by atoms with E-state index in [4.69, 9.17) is 5.11 Å². The van der Waals surface area contributed by atoms with Crippen molar-refractivity contribution < 1.29 is 18.3 Å². The Labute approximate surface area is 66.4 Å². The van der Waals surface area contributed by atoms with Gasteiger partial charge in [0.2, 0.25) is 5.69 Å². The minimum atomic E-state index is -4.58. The maximum atomic E-state index is 12.0. The number of hydrogen-bond acceptors (Lipinski definition) is 2. The number of rotatable bonds is 1. The molecule has 0 aromatic carbocycles. The summed E-state index contributed by atoms with van der Waals surface area (Å²) in [6.07, 6.45) is -3.63. The van der Waals surface area contributed by atoms with Gasteiger partial charge in [0.15, 0.2) is 5.75 Å². The average molecular weight is 180 g/mol. The molecule has 0 aliphatic heterocycles. The van der Waals surface area contributed by atoms with Gasteiger partial charge in [-0.2, -0.15) is 18.3 Å². The second kappa shape index (κ2) is 2.69. The Morgan fingerprint density at radius 3 is 2.42 bits per heavy atom. The molecular weight excluding hydrogens is 173 g/mol. The summed E-state index contributed by atoms with van der Waals surface area (Å²) in [7, 11) is 0. The highest BCUT2D eigenvalue weighted by atomic mass is 19.4. The molecule has 1 heterocycles. The van der Waals surface area contributed by atoms with E-state index in [0.717, 1.165) is 10.9 Å². The highest BCUT2D eigenvalue weighted by Gasteiger charge is 2.37. The lowest BCUT2D eigenvalue weighted by atomic mass is 10.4. The second-order valence-corrected chi connectivity index (χ2v) is 2.22. The topological polar surface area (TPSA) is 38.0 Å². The summed E-state index contributed by atoms with van der Waals surface area (Å²) in [5, 5.41) is 11.9. The SMILES string of the molecule is CCn1cc(O)c(C(F)(F)F)n1. The molecule has 1 aromatic rings. The number of aryl methyl sites for hydroxylation is 1. The highest BCUT2D eigenvalue weighted by Crippen LogP contribution is 2.33. The van der Waals surface area contributed by atoms with Crippen LogP contribution in [0.1, 0.15) is 12.6 Å². The quantitative estimate of drug-likeness (QED) is 0.713. The van der Waals surface area contributed by atoms with Crippen LogP contribution in [0.4, 0.5) is 13.2 Å². The fraction of sp³-hybridized carbons (Fsp3) is 0.500. The van der Waals surface area contributed by atoms with Crippen LogP contribution < -0.4 is 0 Å². The van der Waals surface area contributed by atoms with Crippen LogP contribution in [0.2, 0.25) is 0 Å². The van der Waals surface area contributed by atoms with Crippen molar-refractivity contribution in [2.45, 2.75) is 19.6 Å². The van der Waals surface area contributed by atoms with Crippen molar-refractivity contribution >= 4 is 0 Å². The molecule has 0 atom stereocenters. The summed E-state index contributed by atoms with van der Waals surface area (Å²) in [6.45, 7) is 1.93. The maximum absolute atomic E-state index is 12.0. The first-order chi connectivity index (χ1) is 5.45. The van der Waals surface area contributed by atoms with E-state index in [1.54, 1.807) is 6.92 Å². The molecule has 1 aromatic heterocycles. The monoisotopic (exact) mass is 180 g/mol. The van der Waals surface area contributed by atoms with Gasteiger partial charge < -0.3 is 5.11 Å². The van der Waals surface area contributed by atoms with Gasteiger partial charge in [-0.15, -0.1) is 0 Å². The Morgan fingerprint density at radius 1 is 1.58 bits per heavy atom. The van der Waals surface area contributed by atoms with Crippen molar-refractivity contribution in [3.63, 3.8) is 0 Å². The first-order valence-electron chi connectivity index (χ1n) is 3.28. The predicted molar refractivity (Wildman–Crippen MR) is 34.6 cm³/mol. The Bertz CT molecular complexity index is 279. The smallest absolute Gasteiger partial charge is 0.438 e. The van der Waals surface area contributed by atoms with Gasteiger partial charge in [-0.05, 0) is 6.92 Å². The molecule has 0 bridgehead atoms. The van der Waals surface area contributed by atoms with E-state index in [1.807, 2.05) is 0 Å². The lowest BCUT2D eigenvalue weighted by Gasteiger charge is -2.00. The molecule has 12 heavy (non-hydrogen) atoms. The highest BCUT2D eigenvalue weighted by molar-refractivity contribution is 5.25. The molecule has 3 nitrogen and oxygen atoms in total. The number of hydrogen-bond donors (Lipinski definition) is 1. The molecule has 0 spiro atoms. The van der Waals surface area contributed by atoms with Crippen LogP contribution in [-0.2, 0) is 12.7 Å². The summed E-state index contributed by atoms with van der Waals surface area (Å²) in [4.78, 5) is 0. The van der Waals surface area contributed by atoms with E-state index >= 15 is 0 Å². The molecule has 0 saturated carbocycles. The minimum absolute atomic E-state index is 0.295. The third-order valence-electron chi connectivity index (χ3n) is 1.33. The van der Waals surface area contributed by atoms with Crippen molar-refractivity contribution in [3.05, 3.63) is 11.9 Å². The van der Waals surface area contributed by atoms with Crippen LogP contribution in [0.5, 0.6) is 5.75 Å². The molecule has 68 valence electrons. The lowest BCUT2D eigenvalue weighted by Crippen LogP contribution is -2.07. The van der Waals surface area contributed by atoms with Crippen LogP contribution in [0.3, 0.4) is 0 Å². The molecular formula is C6H7F3N2O. The standard InChI is InChI=1S/C6H7F3N2O/c1-2-11-3-4(12)5(10-11)6(7,8)9/h3,12H,2H2,1H3. The third kappa shape index (κ3) is 1.51. The zero-order valence-corrected chi connectivity index (χ0v) is 6.26. The van der Waals surface area contributed by atoms with Gasteiger partial charge in [0.05, 0.1) is 6.20 Å². The fourth-order valence-corrected chi connectivity index (χ4v) is 0.775. The molecule has 0 aliphatic carbocycles. The van der Waals surface area contributed by atoms with Gasteiger partial charge in [0.25, 0.3) is 0 Å². The zero-order chi connectivity index (χ0) is 9.35. The van der Waals surface area contributed by atoms with Gasteiger partial charge in [-0.3, -0.25) is 4.68 Å². The number of alkyl halides is 3. The first-order valence-corrected chi connectivity index (χ1v) is 3.28. The van der Waals surface area contributed by atoms with E-state index in [0.29, 0.717) is 6.54 Å². The van der Waals surface area contributed by atoms with Gasteiger partial charge >= 0.3 is 6.18 Å². The van der Waals surface area contributed by atoms with Gasteiger partial charge in [-0.1, -0.05) is 0 Å². The van der Waals surface area contributed by atoms with Crippen molar-refractivity contribution in [1.82, 2.24) is 9.78 Å². The summed E-state index contributed by atoms with van der Waals surface area (Å²) in [5.41, 5.74) is -1.23. The molecule has 0 fully saturated rings. The Balaban J connectivity index is 3.08. The minimum Gasteiger partial charge on any atom is -0.504 e. The van der Waals surface area contributed by atoms with Crippen molar-refractivity contribution in [2.24, 2.45) is 0 Å². The Morgan fingerprint density at radius 2 is 2.17 bits per heavy atom. The van der Waals surface area contributed by atoms with Crippen molar-refractivity contribution in [1.29, 1.82) is 0 Å². The summed E-state index contributed by atoms with van der Waals surface area (Å²) < 4.78 is 36.9. The number of aromatic nitrogens is 2. The molecule has 0 radical (unpaired) electrons. The third-order valence-corrected chi connectivity index (χ3v) is 1.33. The van der Waals surface area contributed by atoms with Crippen LogP contribution in [0, 0.1) is 0 Å². The Kier molecular flexibility index (Phi) is 1.99. The van der Waals surface area contributed by atoms with E-state index in [9.17, 15) is 13.2 Å².